The van der Waals surface area contributed by atoms with Gasteiger partial charge in [0.25, 0.3) is 0 Å². The van der Waals surface area contributed by atoms with E-state index in [1.54, 1.807) is 11.0 Å². The third-order valence-corrected chi connectivity index (χ3v) is 10.9. The molecule has 5 heteroatoms. The summed E-state index contributed by atoms with van der Waals surface area (Å²) in [4.78, 5) is 11.5. The Kier molecular flexibility index (Phi) is 6.21. The lowest BCUT2D eigenvalue weighted by atomic mass is 9.98. The van der Waals surface area contributed by atoms with E-state index < -0.39 is 0 Å². The highest BCUT2D eigenvalue weighted by molar-refractivity contribution is 6.05. The van der Waals surface area contributed by atoms with Gasteiger partial charge in [0, 0.05) is 39.0 Å². The van der Waals surface area contributed by atoms with Crippen LogP contribution in [0.25, 0.3) is 99.3 Å². The fourth-order valence-corrected chi connectivity index (χ4v) is 7.95. The van der Waals surface area contributed by atoms with Crippen LogP contribution in [0.1, 0.15) is 8.22 Å². The maximum absolute atomic E-state index is 9.75. The summed E-state index contributed by atoms with van der Waals surface area (Å²) in [5, 5.41) is 5.90. The summed E-state index contributed by atoms with van der Waals surface area (Å²) in [6.07, 6.45) is 0. The average molecular weight is 762 g/mol. The number of nitrogens with zero attached hydrogens (tertiary/aromatic N) is 3. The molecule has 276 valence electrons. The molecule has 0 fully saturated rings. The van der Waals surface area contributed by atoms with Gasteiger partial charge >= 0.3 is 0 Å². The summed E-state index contributed by atoms with van der Waals surface area (Å²) in [7, 11) is 0. The van der Waals surface area contributed by atoms with E-state index in [0.717, 1.165) is 43.4 Å². The Morgan fingerprint density at radius 2 is 0.864 bits per heavy atom. The van der Waals surface area contributed by atoms with Crippen molar-refractivity contribution in [2.24, 2.45) is 0 Å². The highest BCUT2D eigenvalue weighted by Crippen LogP contribution is 2.40. The van der Waals surface area contributed by atoms with E-state index in [1.807, 2.05) is 158 Å². The lowest BCUT2D eigenvalue weighted by Crippen LogP contribution is -2.09. The number of hydrogen-bond donors (Lipinski definition) is 0. The third-order valence-electron chi connectivity index (χ3n) is 10.9. The largest absolute Gasteiger partial charge is 0.436 e. The van der Waals surface area contributed by atoms with Crippen molar-refractivity contribution in [3.05, 3.63) is 200 Å². The molecule has 0 aliphatic rings. The van der Waals surface area contributed by atoms with Crippen LogP contribution in [0.3, 0.4) is 0 Å². The first kappa shape index (κ1) is 27.6. The zero-order valence-corrected chi connectivity index (χ0v) is 31.2. The molecule has 12 aromatic rings. The van der Waals surface area contributed by atoms with Gasteiger partial charge < -0.3 is 13.7 Å². The molecule has 0 N–H and O–H groups in total. The van der Waals surface area contributed by atoms with E-state index in [4.69, 9.17) is 18.8 Å². The van der Waals surface area contributed by atoms with Crippen LogP contribution in [-0.2, 0) is 0 Å². The Morgan fingerprint density at radius 1 is 0.373 bits per heavy atom. The predicted octanol–water partition coefficient (Wildman–Crippen LogP) is 15.1. The van der Waals surface area contributed by atoms with Crippen LogP contribution in [0.4, 0.5) is 17.1 Å². The minimum atomic E-state index is -0.317. The van der Waals surface area contributed by atoms with Crippen molar-refractivity contribution in [1.29, 1.82) is 0 Å². The first-order valence-electron chi connectivity index (χ1n) is 22.3. The molecule has 0 atom stereocenters. The quantitative estimate of drug-likeness (QED) is 0.169. The van der Waals surface area contributed by atoms with Crippen molar-refractivity contribution in [2.75, 3.05) is 4.90 Å². The summed E-state index contributed by atoms with van der Waals surface area (Å²) >= 11 is 0. The number of benzene rings is 10. The van der Waals surface area contributed by atoms with Gasteiger partial charge in [0.2, 0.25) is 11.8 Å². The van der Waals surface area contributed by atoms with Gasteiger partial charge in [-0.25, -0.2) is 9.97 Å². The van der Waals surface area contributed by atoms with Crippen LogP contribution in [0.2, 0.25) is 0 Å². The fourth-order valence-electron chi connectivity index (χ4n) is 7.95. The number of oxazole rings is 2. The Balaban J connectivity index is 1.02. The molecule has 0 saturated carbocycles. The van der Waals surface area contributed by atoms with Gasteiger partial charge in [-0.2, -0.15) is 0 Å². The third kappa shape index (κ3) is 5.71. The molecule has 0 saturated heterocycles. The number of rotatable bonds is 6. The van der Waals surface area contributed by atoms with Crippen molar-refractivity contribution in [1.82, 2.24) is 9.97 Å². The Labute approximate surface area is 347 Å². The maximum Gasteiger partial charge on any atom is 0.227 e. The molecule has 5 nitrogen and oxygen atoms in total. The summed E-state index contributed by atoms with van der Waals surface area (Å²) in [5.41, 5.74) is 6.09. The monoisotopic (exact) mass is 761 g/mol. The smallest absolute Gasteiger partial charge is 0.227 e. The van der Waals surface area contributed by atoms with Crippen LogP contribution in [0.15, 0.2) is 209 Å². The van der Waals surface area contributed by atoms with Gasteiger partial charge in [-0.3, -0.25) is 0 Å². The minimum Gasteiger partial charge on any atom is -0.436 e. The maximum atomic E-state index is 9.75. The summed E-state index contributed by atoms with van der Waals surface area (Å²) in [6, 6.07) is 50.4. The molecule has 0 spiro atoms. The molecule has 0 aliphatic heterocycles. The second-order valence-corrected chi connectivity index (χ2v) is 14.5. The second kappa shape index (κ2) is 13.3. The molecule has 0 aliphatic carbocycles. The van der Waals surface area contributed by atoms with Gasteiger partial charge in [0.1, 0.15) is 11.0 Å². The van der Waals surface area contributed by atoms with Gasteiger partial charge in [-0.1, -0.05) is 115 Å². The molecular weight excluding hydrogens is 723 g/mol. The van der Waals surface area contributed by atoms with Crippen LogP contribution < -0.4 is 4.90 Å². The standard InChI is InChI=1S/C54H33N3O2/c1-2-10-39-31-40(14-13-34(39)7-1)41-15-16-43-33-46(28-21-42(43)32-41)57(44-24-17-37(18-25-44)53-55-51-47-11-5-3-8-35(47)22-29-49(51)58-53)45-26-19-38(20-27-45)54-56-52-48-12-6-4-9-36(48)23-30-50(52)59-54/h1-33H/i15D,16D,21D,28D,32D,33D. The molecule has 12 rings (SSSR count). The molecule has 10 aromatic carbocycles. The van der Waals surface area contributed by atoms with Crippen LogP contribution in [-0.4, -0.2) is 9.97 Å². The lowest BCUT2D eigenvalue weighted by molar-refractivity contribution is 0.619. The number of aromatic nitrogens is 2. The van der Waals surface area contributed by atoms with Gasteiger partial charge in [0.15, 0.2) is 11.2 Å². The van der Waals surface area contributed by atoms with Gasteiger partial charge in [0.05, 0.1) is 8.22 Å². The normalized spacial score (nSPS) is 13.2. The molecular formula is C54H33N3O2. The number of anilines is 3. The van der Waals surface area contributed by atoms with Crippen LogP contribution in [0.5, 0.6) is 0 Å². The first-order chi connectivity index (χ1) is 31.7. The van der Waals surface area contributed by atoms with Crippen molar-refractivity contribution >= 4 is 82.4 Å². The highest BCUT2D eigenvalue weighted by atomic mass is 16.4. The highest BCUT2D eigenvalue weighted by Gasteiger charge is 2.18. The topological polar surface area (TPSA) is 55.3 Å². The molecule has 59 heavy (non-hydrogen) atoms. The van der Waals surface area contributed by atoms with Crippen LogP contribution >= 0.6 is 0 Å². The van der Waals surface area contributed by atoms with Crippen molar-refractivity contribution < 1.29 is 17.1 Å². The molecule has 2 heterocycles. The number of fused-ring (bicyclic) bond motifs is 8. The first-order valence-corrected chi connectivity index (χ1v) is 19.3. The van der Waals surface area contributed by atoms with Gasteiger partial charge in [-0.15, -0.1) is 0 Å². The van der Waals surface area contributed by atoms with Gasteiger partial charge in [-0.05, 0) is 128 Å². The molecule has 0 unspecified atom stereocenters. The molecule has 0 amide bonds. The van der Waals surface area contributed by atoms with Crippen molar-refractivity contribution in [3.8, 4) is 34.0 Å². The summed E-state index contributed by atoms with van der Waals surface area (Å²) in [6.45, 7) is 0. The fraction of sp³-hybridized carbons (Fsp3) is 0. The zero-order valence-electron chi connectivity index (χ0n) is 37.2. The van der Waals surface area contributed by atoms with Crippen molar-refractivity contribution in [3.63, 3.8) is 0 Å². The predicted molar refractivity (Wildman–Crippen MR) is 243 cm³/mol. The van der Waals surface area contributed by atoms with Crippen molar-refractivity contribution in [2.45, 2.75) is 0 Å². The van der Waals surface area contributed by atoms with E-state index in [-0.39, 0.29) is 58.3 Å². The molecule has 2 aromatic heterocycles. The minimum absolute atomic E-state index is 0.0227. The Bertz CT molecular complexity index is 3760. The van der Waals surface area contributed by atoms with Crippen LogP contribution in [0, 0.1) is 0 Å². The summed E-state index contributed by atoms with van der Waals surface area (Å²) in [5.74, 6) is 0.858. The van der Waals surface area contributed by atoms with E-state index in [2.05, 4.69) is 0 Å². The van der Waals surface area contributed by atoms with E-state index in [1.165, 1.54) is 0 Å². The second-order valence-electron chi connectivity index (χ2n) is 14.5. The molecule has 0 radical (unpaired) electrons. The van der Waals surface area contributed by atoms with E-state index in [0.29, 0.717) is 51.0 Å². The van der Waals surface area contributed by atoms with E-state index in [9.17, 15) is 8.22 Å². The Hall–Kier alpha value is -8.02. The average Bonchev–Trinajstić information content (AvgIpc) is 4.00. The lowest BCUT2D eigenvalue weighted by Gasteiger charge is -2.26. The number of hydrogen-bond acceptors (Lipinski definition) is 5. The van der Waals surface area contributed by atoms with E-state index >= 15 is 0 Å². The summed E-state index contributed by atoms with van der Waals surface area (Å²) < 4.78 is 69.3. The Morgan fingerprint density at radius 3 is 1.47 bits per heavy atom. The SMILES string of the molecule is [2H]c1c(N(c2ccc(-c3nc4c(ccc5ccccc54)o3)cc2)c2ccc(-c3nc4c(ccc5ccccc54)o3)cc2)c([2H])c2c([2H])c([2H])c(-c3ccc4ccccc4c3)c([2H])c2c1[2H]. The molecule has 0 bridgehead atoms. The zero-order chi connectivity index (χ0) is 44.1.